The number of aryl methyl sites for hydroxylation is 2. The van der Waals surface area contributed by atoms with Crippen LogP contribution in [-0.2, 0) is 11.3 Å². The zero-order valence-electron chi connectivity index (χ0n) is 11.6. The smallest absolute Gasteiger partial charge is 0.253 e. The van der Waals surface area contributed by atoms with Crippen molar-refractivity contribution in [2.75, 3.05) is 5.01 Å². The Morgan fingerprint density at radius 1 is 1.25 bits per heavy atom. The van der Waals surface area contributed by atoms with Crippen LogP contribution >= 0.6 is 0 Å². The molecule has 0 saturated heterocycles. The van der Waals surface area contributed by atoms with Crippen LogP contribution in [-0.4, -0.2) is 21.2 Å². The number of hydrogen-bond acceptors (Lipinski definition) is 3. The van der Waals surface area contributed by atoms with Gasteiger partial charge in [0.1, 0.15) is 0 Å². The number of nitrogens with zero attached hydrogens (tertiary/aromatic N) is 4. The van der Waals surface area contributed by atoms with Crippen LogP contribution < -0.4 is 5.01 Å². The molecule has 1 aliphatic rings. The Kier molecular flexibility index (Phi) is 3.10. The highest BCUT2D eigenvalue weighted by atomic mass is 16.2. The zero-order valence-corrected chi connectivity index (χ0v) is 11.6. The van der Waals surface area contributed by atoms with Gasteiger partial charge in [0.25, 0.3) is 5.91 Å². The normalized spacial score (nSPS) is 14.8. The van der Waals surface area contributed by atoms with Gasteiger partial charge in [-0.2, -0.15) is 5.10 Å². The fraction of sp³-hybridized carbons (Fsp3) is 0.267. The molecule has 1 aromatic carbocycles. The predicted octanol–water partition coefficient (Wildman–Crippen LogP) is 2.29. The third-order valence-corrected chi connectivity index (χ3v) is 3.49. The van der Waals surface area contributed by atoms with Crippen LogP contribution in [0.5, 0.6) is 0 Å². The lowest BCUT2D eigenvalue weighted by Gasteiger charge is -2.13. The lowest BCUT2D eigenvalue weighted by Crippen LogP contribution is -2.19. The molecule has 0 bridgehead atoms. The third-order valence-electron chi connectivity index (χ3n) is 3.49. The van der Waals surface area contributed by atoms with Gasteiger partial charge in [-0.1, -0.05) is 6.07 Å². The fourth-order valence-corrected chi connectivity index (χ4v) is 2.22. The zero-order chi connectivity index (χ0) is 14.1. The molecule has 0 fully saturated rings. The van der Waals surface area contributed by atoms with Crippen molar-refractivity contribution >= 4 is 17.3 Å². The summed E-state index contributed by atoms with van der Waals surface area (Å²) in [5.74, 6) is 0.0170. The van der Waals surface area contributed by atoms with Crippen LogP contribution in [0.1, 0.15) is 17.5 Å². The van der Waals surface area contributed by atoms with Gasteiger partial charge < -0.3 is 4.57 Å². The fourth-order valence-electron chi connectivity index (χ4n) is 2.22. The number of rotatable bonds is 3. The van der Waals surface area contributed by atoms with Crippen LogP contribution in [0.3, 0.4) is 0 Å². The Bertz CT molecular complexity index is 673. The Morgan fingerprint density at radius 2 is 2.10 bits per heavy atom. The minimum Gasteiger partial charge on any atom is -0.332 e. The number of hydrogen-bond donors (Lipinski definition) is 0. The van der Waals surface area contributed by atoms with Crippen molar-refractivity contribution in [3.8, 4) is 0 Å². The Balaban J connectivity index is 1.84. The van der Waals surface area contributed by atoms with Crippen LogP contribution in [0.2, 0.25) is 0 Å². The molecule has 5 heteroatoms. The first-order valence-electron chi connectivity index (χ1n) is 6.56. The molecule has 1 aliphatic heterocycles. The van der Waals surface area contributed by atoms with Gasteiger partial charge in [0.15, 0.2) is 0 Å². The predicted molar refractivity (Wildman–Crippen MR) is 77.7 cm³/mol. The second-order valence-corrected chi connectivity index (χ2v) is 5.05. The SMILES string of the molecule is Cc1ccc(N2N=C(Cn3ccnc3)CC2=O)cc1C. The van der Waals surface area contributed by atoms with Gasteiger partial charge in [-0.05, 0) is 37.1 Å². The van der Waals surface area contributed by atoms with E-state index in [0.717, 1.165) is 17.0 Å². The van der Waals surface area contributed by atoms with Gasteiger partial charge >= 0.3 is 0 Å². The van der Waals surface area contributed by atoms with Gasteiger partial charge in [-0.15, -0.1) is 0 Å². The second kappa shape index (κ2) is 4.92. The largest absolute Gasteiger partial charge is 0.332 e. The molecule has 0 aliphatic carbocycles. The minimum absolute atomic E-state index is 0.0170. The average molecular weight is 268 g/mol. The summed E-state index contributed by atoms with van der Waals surface area (Å²) < 4.78 is 1.91. The number of amides is 1. The molecule has 1 aromatic heterocycles. The number of benzene rings is 1. The van der Waals surface area contributed by atoms with E-state index in [1.54, 1.807) is 12.5 Å². The summed E-state index contributed by atoms with van der Waals surface area (Å²) >= 11 is 0. The summed E-state index contributed by atoms with van der Waals surface area (Å²) in [6.07, 6.45) is 5.68. The minimum atomic E-state index is 0.0170. The summed E-state index contributed by atoms with van der Waals surface area (Å²) in [5, 5.41) is 5.94. The molecule has 2 heterocycles. The van der Waals surface area contributed by atoms with Crippen LogP contribution in [0.15, 0.2) is 42.0 Å². The quantitative estimate of drug-likeness (QED) is 0.857. The average Bonchev–Trinajstić information content (AvgIpc) is 3.03. The summed E-state index contributed by atoms with van der Waals surface area (Å²) in [6, 6.07) is 5.95. The highest BCUT2D eigenvalue weighted by Crippen LogP contribution is 2.23. The molecule has 0 saturated carbocycles. The van der Waals surface area contributed by atoms with Crippen LogP contribution in [0.25, 0.3) is 0 Å². The van der Waals surface area contributed by atoms with Crippen LogP contribution in [0.4, 0.5) is 5.69 Å². The number of hydrazone groups is 1. The number of anilines is 1. The van der Waals surface area contributed by atoms with Gasteiger partial charge in [0.2, 0.25) is 0 Å². The van der Waals surface area contributed by atoms with Gasteiger partial charge in [0, 0.05) is 12.4 Å². The molecule has 0 spiro atoms. The van der Waals surface area contributed by atoms with Crippen LogP contribution in [0, 0.1) is 13.8 Å². The maximum absolute atomic E-state index is 12.1. The number of aromatic nitrogens is 2. The monoisotopic (exact) mass is 268 g/mol. The highest BCUT2D eigenvalue weighted by molar-refractivity contribution is 6.12. The maximum Gasteiger partial charge on any atom is 0.253 e. The van der Waals surface area contributed by atoms with E-state index in [4.69, 9.17) is 0 Å². The first kappa shape index (κ1) is 12.6. The molecule has 2 aromatic rings. The lowest BCUT2D eigenvalue weighted by atomic mass is 10.1. The van der Waals surface area contributed by atoms with Crippen molar-refractivity contribution in [3.63, 3.8) is 0 Å². The molecule has 5 nitrogen and oxygen atoms in total. The Morgan fingerprint density at radius 3 is 2.80 bits per heavy atom. The van der Waals surface area contributed by atoms with Gasteiger partial charge in [-0.25, -0.2) is 9.99 Å². The molecule has 20 heavy (non-hydrogen) atoms. The summed E-state index contributed by atoms with van der Waals surface area (Å²) in [5.41, 5.74) is 4.06. The third kappa shape index (κ3) is 2.34. The molecular formula is C15H16N4O. The number of carbonyl (C=O) groups is 1. The first-order chi connectivity index (χ1) is 9.63. The molecule has 102 valence electrons. The van der Waals surface area contributed by atoms with E-state index in [1.807, 2.05) is 35.9 Å². The molecule has 0 radical (unpaired) electrons. The van der Waals surface area contributed by atoms with E-state index in [-0.39, 0.29) is 5.91 Å². The van der Waals surface area contributed by atoms with E-state index in [1.165, 1.54) is 10.6 Å². The summed E-state index contributed by atoms with van der Waals surface area (Å²) in [6.45, 7) is 4.70. The molecule has 1 amide bonds. The Labute approximate surface area is 117 Å². The van der Waals surface area contributed by atoms with Gasteiger partial charge in [-0.3, -0.25) is 4.79 Å². The summed E-state index contributed by atoms with van der Waals surface area (Å²) in [7, 11) is 0. The van der Waals surface area contributed by atoms with Crippen molar-refractivity contribution in [2.45, 2.75) is 26.8 Å². The first-order valence-corrected chi connectivity index (χ1v) is 6.56. The van der Waals surface area contributed by atoms with Crippen molar-refractivity contribution < 1.29 is 4.79 Å². The van der Waals surface area contributed by atoms with Crippen molar-refractivity contribution in [1.29, 1.82) is 0 Å². The van der Waals surface area contributed by atoms with E-state index in [9.17, 15) is 4.79 Å². The number of imidazole rings is 1. The summed E-state index contributed by atoms with van der Waals surface area (Å²) in [4.78, 5) is 16.1. The molecule has 0 atom stereocenters. The van der Waals surface area contributed by atoms with Gasteiger partial charge in [0.05, 0.1) is 30.7 Å². The molecule has 0 unspecified atom stereocenters. The highest BCUT2D eigenvalue weighted by Gasteiger charge is 2.25. The van der Waals surface area contributed by atoms with E-state index >= 15 is 0 Å². The maximum atomic E-state index is 12.1. The van der Waals surface area contributed by atoms with Crippen molar-refractivity contribution in [2.24, 2.45) is 5.10 Å². The topological polar surface area (TPSA) is 50.5 Å². The molecule has 3 rings (SSSR count). The van der Waals surface area contributed by atoms with E-state index < -0.39 is 0 Å². The molecule has 0 N–H and O–H groups in total. The van der Waals surface area contributed by atoms with Crippen molar-refractivity contribution in [1.82, 2.24) is 9.55 Å². The van der Waals surface area contributed by atoms with Crippen molar-refractivity contribution in [3.05, 3.63) is 48.0 Å². The van der Waals surface area contributed by atoms with E-state index in [0.29, 0.717) is 13.0 Å². The second-order valence-electron chi connectivity index (χ2n) is 5.05. The Hall–Kier alpha value is -2.43. The van der Waals surface area contributed by atoms with E-state index in [2.05, 4.69) is 17.0 Å². The lowest BCUT2D eigenvalue weighted by molar-refractivity contribution is -0.116. The standard InChI is InChI=1S/C15H16N4O/c1-11-3-4-14(7-12(11)2)19-15(20)8-13(17-19)9-18-6-5-16-10-18/h3-7,10H,8-9H2,1-2H3. The number of carbonyl (C=O) groups excluding carboxylic acids is 1. The molecular weight excluding hydrogens is 252 g/mol.